The van der Waals surface area contributed by atoms with Crippen molar-refractivity contribution in [2.24, 2.45) is 0 Å². The summed E-state index contributed by atoms with van der Waals surface area (Å²) in [7, 11) is -3.45. The molecular formula is C21H25ClFN3O3S2. The Bertz CT molecular complexity index is 1160. The molecule has 0 saturated heterocycles. The first-order valence-corrected chi connectivity index (χ1v) is 12.3. The van der Waals surface area contributed by atoms with E-state index in [1.165, 1.54) is 34.4 Å². The van der Waals surface area contributed by atoms with E-state index in [0.29, 0.717) is 22.9 Å². The number of likely N-dealkylation sites (N-methyl/N-ethyl adjacent to an activating group) is 1. The number of para-hydroxylation sites is 1. The van der Waals surface area contributed by atoms with Crippen LogP contribution in [0.25, 0.3) is 10.2 Å². The average molecular weight is 486 g/mol. The van der Waals surface area contributed by atoms with Crippen LogP contribution in [0.3, 0.4) is 0 Å². The molecule has 10 heteroatoms. The fourth-order valence-electron chi connectivity index (χ4n) is 3.10. The first kappa shape index (κ1) is 25.2. The summed E-state index contributed by atoms with van der Waals surface area (Å²) >= 11 is 1.24. The third-order valence-corrected chi connectivity index (χ3v) is 7.03. The number of halogens is 2. The molecule has 3 rings (SSSR count). The fraction of sp³-hybridized carbons (Fsp3) is 0.333. The maximum Gasteiger partial charge on any atom is 0.260 e. The Hall–Kier alpha value is -2.07. The number of aromatic nitrogens is 1. The zero-order valence-corrected chi connectivity index (χ0v) is 20.0. The van der Waals surface area contributed by atoms with Crippen molar-refractivity contribution in [1.82, 2.24) is 9.88 Å². The summed E-state index contributed by atoms with van der Waals surface area (Å²) in [6.07, 6.45) is 1.10. The molecule has 0 fully saturated rings. The monoisotopic (exact) mass is 485 g/mol. The summed E-state index contributed by atoms with van der Waals surface area (Å²) in [5.74, 6) is -0.808. The molecule has 0 atom stereocenters. The molecule has 6 nitrogen and oxygen atoms in total. The Morgan fingerprint density at radius 2 is 1.77 bits per heavy atom. The number of hydrogen-bond acceptors (Lipinski definition) is 6. The van der Waals surface area contributed by atoms with Gasteiger partial charge in [0.15, 0.2) is 15.0 Å². The van der Waals surface area contributed by atoms with E-state index in [1.807, 2.05) is 13.8 Å². The van der Waals surface area contributed by atoms with Crippen LogP contribution < -0.4 is 4.90 Å². The van der Waals surface area contributed by atoms with Crippen molar-refractivity contribution < 1.29 is 17.6 Å². The summed E-state index contributed by atoms with van der Waals surface area (Å²) in [4.78, 5) is 21.5. The van der Waals surface area contributed by atoms with Gasteiger partial charge in [-0.15, -0.1) is 12.4 Å². The first-order valence-electron chi connectivity index (χ1n) is 9.64. The summed E-state index contributed by atoms with van der Waals surface area (Å²) < 4.78 is 38.6. The summed E-state index contributed by atoms with van der Waals surface area (Å²) in [5, 5.41) is 0.386. The van der Waals surface area contributed by atoms with Crippen molar-refractivity contribution in [2.75, 3.05) is 37.3 Å². The lowest BCUT2D eigenvalue weighted by atomic mass is 10.2. The van der Waals surface area contributed by atoms with Gasteiger partial charge in [-0.2, -0.15) is 0 Å². The van der Waals surface area contributed by atoms with E-state index in [0.717, 1.165) is 19.3 Å². The van der Waals surface area contributed by atoms with E-state index in [9.17, 15) is 17.6 Å². The van der Waals surface area contributed by atoms with E-state index >= 15 is 0 Å². The van der Waals surface area contributed by atoms with Crippen molar-refractivity contribution >= 4 is 54.8 Å². The minimum Gasteiger partial charge on any atom is -0.302 e. The average Bonchev–Trinajstić information content (AvgIpc) is 3.16. The molecular weight excluding hydrogens is 461 g/mol. The van der Waals surface area contributed by atoms with Crippen molar-refractivity contribution in [3.63, 3.8) is 0 Å². The molecule has 3 aromatic rings. The molecule has 168 valence electrons. The smallest absolute Gasteiger partial charge is 0.260 e. The number of nitrogens with zero attached hydrogens (tertiary/aromatic N) is 3. The topological polar surface area (TPSA) is 70.6 Å². The molecule has 0 aliphatic rings. The standard InChI is InChI=1S/C21H24FN3O3S2.ClH/c1-4-24(5-2)12-13-25(21-23-19-17(22)10-7-11-18(19)29-21)20(26)15-8-6-9-16(14-15)30(3,27)28;/h6-11,14H,4-5,12-13H2,1-3H3;1H. The van der Waals surface area contributed by atoms with Gasteiger partial charge in [0.25, 0.3) is 5.91 Å². The predicted octanol–water partition coefficient (Wildman–Crippen LogP) is 4.25. The molecule has 0 spiro atoms. The minimum atomic E-state index is -3.45. The highest BCUT2D eigenvalue weighted by Crippen LogP contribution is 2.31. The van der Waals surface area contributed by atoms with E-state index in [4.69, 9.17) is 0 Å². The minimum absolute atomic E-state index is 0. The molecule has 0 unspecified atom stereocenters. The van der Waals surface area contributed by atoms with Crippen molar-refractivity contribution in [1.29, 1.82) is 0 Å². The van der Waals surface area contributed by atoms with E-state index in [1.54, 1.807) is 24.3 Å². The Kier molecular flexibility index (Phi) is 8.53. The van der Waals surface area contributed by atoms with E-state index in [2.05, 4.69) is 9.88 Å². The van der Waals surface area contributed by atoms with E-state index < -0.39 is 15.7 Å². The molecule has 1 heterocycles. The number of fused-ring (bicyclic) bond motifs is 1. The van der Waals surface area contributed by atoms with Crippen molar-refractivity contribution in [2.45, 2.75) is 18.7 Å². The largest absolute Gasteiger partial charge is 0.302 e. The van der Waals surface area contributed by atoms with Gasteiger partial charge in [-0.3, -0.25) is 9.69 Å². The second-order valence-corrected chi connectivity index (χ2v) is 9.89. The maximum absolute atomic E-state index is 14.2. The number of carbonyl (C=O) groups is 1. The lowest BCUT2D eigenvalue weighted by Gasteiger charge is -2.24. The molecule has 1 amide bonds. The van der Waals surface area contributed by atoms with Crippen LogP contribution in [0.15, 0.2) is 47.4 Å². The first-order chi connectivity index (χ1) is 14.2. The number of benzene rings is 2. The molecule has 0 radical (unpaired) electrons. The summed E-state index contributed by atoms with van der Waals surface area (Å²) in [5.41, 5.74) is 0.472. The van der Waals surface area contributed by atoms with Gasteiger partial charge < -0.3 is 4.90 Å². The summed E-state index contributed by atoms with van der Waals surface area (Å²) in [6.45, 7) is 6.71. The number of rotatable bonds is 8. The molecule has 0 aliphatic heterocycles. The van der Waals surface area contributed by atoms with Gasteiger partial charge >= 0.3 is 0 Å². The highest BCUT2D eigenvalue weighted by molar-refractivity contribution is 7.90. The zero-order chi connectivity index (χ0) is 21.9. The number of anilines is 1. The molecule has 1 aromatic heterocycles. The molecule has 31 heavy (non-hydrogen) atoms. The number of amides is 1. The lowest BCUT2D eigenvalue weighted by Crippen LogP contribution is -2.39. The van der Waals surface area contributed by atoms with Crippen LogP contribution >= 0.6 is 23.7 Å². The van der Waals surface area contributed by atoms with Crippen LogP contribution in [0.1, 0.15) is 24.2 Å². The maximum atomic E-state index is 14.2. The Morgan fingerprint density at radius 1 is 1.10 bits per heavy atom. The van der Waals surface area contributed by atoms with Crippen molar-refractivity contribution in [3.05, 3.63) is 53.8 Å². The van der Waals surface area contributed by atoms with Gasteiger partial charge in [-0.05, 0) is 43.4 Å². The predicted molar refractivity (Wildman–Crippen MR) is 126 cm³/mol. The van der Waals surface area contributed by atoms with Crippen LogP contribution in [0.5, 0.6) is 0 Å². The Balaban J connectivity index is 0.00000341. The van der Waals surface area contributed by atoms with Gasteiger partial charge in [-0.1, -0.05) is 37.3 Å². The second kappa shape index (κ2) is 10.5. The van der Waals surface area contributed by atoms with Crippen molar-refractivity contribution in [3.8, 4) is 0 Å². The quantitative estimate of drug-likeness (QED) is 0.477. The van der Waals surface area contributed by atoms with Crippen LogP contribution in [-0.4, -0.2) is 56.6 Å². The molecule has 0 N–H and O–H groups in total. The SMILES string of the molecule is CCN(CC)CCN(C(=O)c1cccc(S(C)(=O)=O)c1)c1nc2c(F)cccc2s1.Cl. The Labute approximate surface area is 192 Å². The highest BCUT2D eigenvalue weighted by Gasteiger charge is 2.23. The number of sulfone groups is 1. The van der Waals surface area contributed by atoms with Crippen LogP contribution in [-0.2, 0) is 9.84 Å². The van der Waals surface area contributed by atoms with E-state index in [-0.39, 0.29) is 34.3 Å². The van der Waals surface area contributed by atoms with Gasteiger partial charge in [0.2, 0.25) is 0 Å². The third-order valence-electron chi connectivity index (χ3n) is 4.88. The van der Waals surface area contributed by atoms with Crippen LogP contribution in [0.2, 0.25) is 0 Å². The van der Waals surface area contributed by atoms with Gasteiger partial charge in [0, 0.05) is 24.9 Å². The number of hydrogen-bond donors (Lipinski definition) is 0. The molecule has 0 saturated carbocycles. The summed E-state index contributed by atoms with van der Waals surface area (Å²) in [6, 6.07) is 10.7. The lowest BCUT2D eigenvalue weighted by molar-refractivity contribution is 0.0983. The fourth-order valence-corrected chi connectivity index (χ4v) is 4.77. The number of carbonyl (C=O) groups excluding carboxylic acids is 1. The van der Waals surface area contributed by atoms with Crippen LogP contribution in [0.4, 0.5) is 9.52 Å². The molecule has 2 aromatic carbocycles. The second-order valence-electron chi connectivity index (χ2n) is 6.87. The number of thiazole rings is 1. The Morgan fingerprint density at radius 3 is 2.39 bits per heavy atom. The van der Waals surface area contributed by atoms with Crippen LogP contribution in [0, 0.1) is 5.82 Å². The van der Waals surface area contributed by atoms with Gasteiger partial charge in [0.1, 0.15) is 11.3 Å². The van der Waals surface area contributed by atoms with Gasteiger partial charge in [0.05, 0.1) is 9.60 Å². The molecule has 0 bridgehead atoms. The normalized spacial score (nSPS) is 11.5. The third kappa shape index (κ3) is 5.79. The molecule has 0 aliphatic carbocycles. The highest BCUT2D eigenvalue weighted by atomic mass is 35.5. The van der Waals surface area contributed by atoms with Gasteiger partial charge in [-0.25, -0.2) is 17.8 Å². The zero-order valence-electron chi connectivity index (χ0n) is 17.5.